The summed E-state index contributed by atoms with van der Waals surface area (Å²) in [6.07, 6.45) is 4.55. The van der Waals surface area contributed by atoms with Gasteiger partial charge in [-0.2, -0.15) is 0 Å². The van der Waals surface area contributed by atoms with Crippen LogP contribution >= 0.6 is 11.3 Å². The molecule has 0 unspecified atom stereocenters. The molecule has 2 amide bonds. The molecule has 0 atom stereocenters. The van der Waals surface area contributed by atoms with E-state index >= 15 is 0 Å². The Bertz CT molecular complexity index is 455. The molecule has 1 aromatic heterocycles. The van der Waals surface area contributed by atoms with Crippen molar-refractivity contribution in [3.8, 4) is 0 Å². The topological polar surface area (TPSA) is 80.3 Å². The minimum atomic E-state index is -0.341. The lowest BCUT2D eigenvalue weighted by Gasteiger charge is -2.11. The molecule has 1 aromatic rings. The van der Waals surface area contributed by atoms with Crippen LogP contribution < -0.4 is 10.6 Å². The maximum atomic E-state index is 11.7. The average Bonchev–Trinajstić information content (AvgIpc) is 3.01. The predicted molar refractivity (Wildman–Crippen MR) is 72.2 cm³/mol. The van der Waals surface area contributed by atoms with E-state index in [1.807, 2.05) is 0 Å². The summed E-state index contributed by atoms with van der Waals surface area (Å²) >= 11 is 1.30. The third-order valence-electron chi connectivity index (χ3n) is 3.02. The number of nitrogens with one attached hydrogen (secondary N) is 2. The van der Waals surface area contributed by atoms with Crippen molar-refractivity contribution < 1.29 is 14.3 Å². The number of carbonyl (C=O) groups is 2. The molecule has 1 heterocycles. The highest BCUT2D eigenvalue weighted by atomic mass is 32.1. The number of thiazole rings is 1. The molecule has 0 spiro atoms. The third-order valence-corrected chi connectivity index (χ3v) is 3.82. The number of rotatable bonds is 4. The molecule has 0 radical (unpaired) electrons. The molecular weight excluding hydrogens is 266 g/mol. The molecule has 6 nitrogen and oxygen atoms in total. The molecule has 0 bridgehead atoms. The van der Waals surface area contributed by atoms with Gasteiger partial charge in [0.15, 0.2) is 5.13 Å². The molecule has 1 aliphatic carbocycles. The van der Waals surface area contributed by atoms with Crippen LogP contribution in [-0.4, -0.2) is 30.1 Å². The summed E-state index contributed by atoms with van der Waals surface area (Å²) in [5.74, 6) is -0.341. The van der Waals surface area contributed by atoms with Gasteiger partial charge in [0, 0.05) is 11.4 Å². The molecule has 0 aliphatic heterocycles. The Kier molecular flexibility index (Phi) is 4.73. The van der Waals surface area contributed by atoms with Gasteiger partial charge >= 0.3 is 12.0 Å². The summed E-state index contributed by atoms with van der Waals surface area (Å²) in [6.45, 7) is 0. The smallest absolute Gasteiger partial charge is 0.321 e. The standard InChI is InChI=1S/C12H17N3O3S/c1-18-10(16)6-9-7-19-12(14-9)15-11(17)13-8-4-2-3-5-8/h7-8H,2-6H2,1H3,(H2,13,14,15,17). The molecule has 1 aliphatic rings. The van der Waals surface area contributed by atoms with E-state index in [1.165, 1.54) is 31.3 Å². The monoisotopic (exact) mass is 283 g/mol. The van der Waals surface area contributed by atoms with Crippen LogP contribution in [0.1, 0.15) is 31.4 Å². The molecule has 19 heavy (non-hydrogen) atoms. The van der Waals surface area contributed by atoms with E-state index in [-0.39, 0.29) is 24.5 Å². The summed E-state index contributed by atoms with van der Waals surface area (Å²) in [6, 6.07) is 0.0420. The third kappa shape index (κ3) is 4.20. The number of hydrogen-bond donors (Lipinski definition) is 2. The van der Waals surface area contributed by atoms with Crippen molar-refractivity contribution in [2.24, 2.45) is 0 Å². The van der Waals surface area contributed by atoms with E-state index in [1.54, 1.807) is 5.38 Å². The van der Waals surface area contributed by atoms with Gasteiger partial charge in [-0.3, -0.25) is 10.1 Å². The van der Waals surface area contributed by atoms with E-state index in [9.17, 15) is 9.59 Å². The zero-order chi connectivity index (χ0) is 13.7. The second kappa shape index (κ2) is 6.51. The van der Waals surface area contributed by atoms with Crippen LogP contribution in [0.5, 0.6) is 0 Å². The number of methoxy groups -OCH3 is 1. The minimum Gasteiger partial charge on any atom is -0.469 e. The van der Waals surface area contributed by atoms with Crippen molar-refractivity contribution in [1.29, 1.82) is 0 Å². The highest BCUT2D eigenvalue weighted by Gasteiger charge is 2.17. The Morgan fingerprint density at radius 3 is 2.89 bits per heavy atom. The molecule has 2 N–H and O–H groups in total. The first-order valence-electron chi connectivity index (χ1n) is 6.26. The van der Waals surface area contributed by atoms with Crippen LogP contribution in [0.4, 0.5) is 9.93 Å². The number of aromatic nitrogens is 1. The Morgan fingerprint density at radius 2 is 2.21 bits per heavy atom. The second-order valence-corrected chi connectivity index (χ2v) is 5.33. The second-order valence-electron chi connectivity index (χ2n) is 4.48. The van der Waals surface area contributed by atoms with Gasteiger partial charge in [-0.05, 0) is 12.8 Å². The number of anilines is 1. The fourth-order valence-corrected chi connectivity index (χ4v) is 2.76. The number of ether oxygens (including phenoxy) is 1. The molecular formula is C12H17N3O3S. The van der Waals surface area contributed by atoms with E-state index in [4.69, 9.17) is 0 Å². The predicted octanol–water partition coefficient (Wildman–Crippen LogP) is 1.92. The van der Waals surface area contributed by atoms with Gasteiger partial charge in [0.1, 0.15) is 0 Å². The molecule has 2 rings (SSSR count). The van der Waals surface area contributed by atoms with Gasteiger partial charge in [0.2, 0.25) is 0 Å². The molecule has 1 fully saturated rings. The molecule has 104 valence electrons. The summed E-state index contributed by atoms with van der Waals surface area (Å²) in [7, 11) is 1.34. The number of nitrogens with zero attached hydrogens (tertiary/aromatic N) is 1. The first-order chi connectivity index (χ1) is 9.17. The van der Waals surface area contributed by atoms with Crippen molar-refractivity contribution in [3.05, 3.63) is 11.1 Å². The lowest BCUT2D eigenvalue weighted by atomic mass is 10.3. The quantitative estimate of drug-likeness (QED) is 0.827. The summed E-state index contributed by atoms with van der Waals surface area (Å²) in [4.78, 5) is 27.0. The number of amides is 2. The number of carbonyl (C=O) groups excluding carboxylic acids is 2. The van der Waals surface area contributed by atoms with Gasteiger partial charge in [-0.25, -0.2) is 9.78 Å². The van der Waals surface area contributed by atoms with Crippen molar-refractivity contribution in [2.75, 3.05) is 12.4 Å². The van der Waals surface area contributed by atoms with E-state index in [0.717, 1.165) is 12.8 Å². The lowest BCUT2D eigenvalue weighted by Crippen LogP contribution is -2.36. The zero-order valence-corrected chi connectivity index (χ0v) is 11.6. The normalized spacial score (nSPS) is 15.2. The van der Waals surface area contributed by atoms with Gasteiger partial charge in [0.05, 0.1) is 19.2 Å². The van der Waals surface area contributed by atoms with E-state index in [0.29, 0.717) is 10.8 Å². The van der Waals surface area contributed by atoms with Gasteiger partial charge in [0.25, 0.3) is 0 Å². The number of esters is 1. The molecule has 7 heteroatoms. The largest absolute Gasteiger partial charge is 0.469 e. The average molecular weight is 283 g/mol. The van der Waals surface area contributed by atoms with Gasteiger partial charge < -0.3 is 10.1 Å². The summed E-state index contributed by atoms with van der Waals surface area (Å²) in [5, 5.41) is 7.83. The SMILES string of the molecule is COC(=O)Cc1csc(NC(=O)NC2CCCC2)n1. The van der Waals surface area contributed by atoms with Crippen LogP contribution in [0.2, 0.25) is 0 Å². The first-order valence-corrected chi connectivity index (χ1v) is 7.14. The zero-order valence-electron chi connectivity index (χ0n) is 10.8. The Balaban J connectivity index is 1.81. The fourth-order valence-electron chi connectivity index (χ4n) is 2.05. The summed E-state index contributed by atoms with van der Waals surface area (Å²) < 4.78 is 4.56. The number of urea groups is 1. The van der Waals surface area contributed by atoms with Crippen molar-refractivity contribution in [3.63, 3.8) is 0 Å². The minimum absolute atomic E-state index is 0.124. The van der Waals surface area contributed by atoms with E-state index in [2.05, 4.69) is 20.4 Å². The molecule has 1 saturated carbocycles. The summed E-state index contributed by atoms with van der Waals surface area (Å²) in [5.41, 5.74) is 0.605. The van der Waals surface area contributed by atoms with Crippen LogP contribution in [0.15, 0.2) is 5.38 Å². The lowest BCUT2D eigenvalue weighted by molar-refractivity contribution is -0.139. The maximum Gasteiger partial charge on any atom is 0.321 e. The van der Waals surface area contributed by atoms with Crippen molar-refractivity contribution in [2.45, 2.75) is 38.1 Å². The first kappa shape index (κ1) is 13.8. The Hall–Kier alpha value is -1.63. The molecule has 0 aromatic carbocycles. The Labute approximate surface area is 115 Å². The van der Waals surface area contributed by atoms with Crippen LogP contribution in [0.3, 0.4) is 0 Å². The van der Waals surface area contributed by atoms with Crippen LogP contribution in [0.25, 0.3) is 0 Å². The van der Waals surface area contributed by atoms with Crippen molar-refractivity contribution in [1.82, 2.24) is 10.3 Å². The molecule has 0 saturated heterocycles. The van der Waals surface area contributed by atoms with Gasteiger partial charge in [-0.1, -0.05) is 12.8 Å². The fraction of sp³-hybridized carbons (Fsp3) is 0.583. The van der Waals surface area contributed by atoms with E-state index < -0.39 is 0 Å². The maximum absolute atomic E-state index is 11.7. The Morgan fingerprint density at radius 1 is 1.47 bits per heavy atom. The number of hydrogen-bond acceptors (Lipinski definition) is 5. The van der Waals surface area contributed by atoms with Crippen LogP contribution in [0, 0.1) is 0 Å². The van der Waals surface area contributed by atoms with Gasteiger partial charge in [-0.15, -0.1) is 11.3 Å². The van der Waals surface area contributed by atoms with Crippen molar-refractivity contribution >= 4 is 28.5 Å². The highest BCUT2D eigenvalue weighted by Crippen LogP contribution is 2.19. The van der Waals surface area contributed by atoms with Crippen LogP contribution in [-0.2, 0) is 16.0 Å². The highest BCUT2D eigenvalue weighted by molar-refractivity contribution is 7.13.